The second kappa shape index (κ2) is 7.24. The van der Waals surface area contributed by atoms with E-state index in [-0.39, 0.29) is 24.3 Å². The van der Waals surface area contributed by atoms with Gasteiger partial charge < -0.3 is 10.0 Å². The highest BCUT2D eigenvalue weighted by Crippen LogP contribution is 2.16. The number of aromatic nitrogens is 2. The van der Waals surface area contributed by atoms with Crippen LogP contribution in [0, 0.1) is 5.92 Å². The average Bonchev–Trinajstić information content (AvgIpc) is 2.80. The summed E-state index contributed by atoms with van der Waals surface area (Å²) in [5.74, 6) is -0.846. The molecular formula is C15H25N3O3. The third-order valence-electron chi connectivity index (χ3n) is 3.11. The van der Waals surface area contributed by atoms with Crippen molar-refractivity contribution >= 4 is 11.9 Å². The van der Waals surface area contributed by atoms with Crippen LogP contribution >= 0.6 is 0 Å². The molecule has 0 bridgehead atoms. The molecule has 1 aromatic rings. The number of amides is 1. The minimum absolute atomic E-state index is 0.205. The quantitative estimate of drug-likeness (QED) is 0.836. The van der Waals surface area contributed by atoms with Crippen molar-refractivity contribution in [1.82, 2.24) is 14.7 Å². The lowest BCUT2D eigenvalue weighted by Crippen LogP contribution is -2.39. The number of nitrogens with zero attached hydrogens (tertiary/aromatic N) is 3. The molecule has 1 amide bonds. The van der Waals surface area contributed by atoms with Gasteiger partial charge in [-0.05, 0) is 24.8 Å². The van der Waals surface area contributed by atoms with E-state index >= 15 is 0 Å². The Kier molecular flexibility index (Phi) is 5.93. The average molecular weight is 295 g/mol. The SMILES string of the molecule is CCn1nc(C(C)C)cc1C(=O)N(CC(=O)O)CC(C)C. The van der Waals surface area contributed by atoms with E-state index in [4.69, 9.17) is 5.11 Å². The van der Waals surface area contributed by atoms with Gasteiger partial charge in [0.1, 0.15) is 12.2 Å². The number of hydrogen-bond acceptors (Lipinski definition) is 3. The van der Waals surface area contributed by atoms with Gasteiger partial charge in [0.2, 0.25) is 0 Å². The van der Waals surface area contributed by atoms with Gasteiger partial charge in [-0.3, -0.25) is 14.3 Å². The van der Waals surface area contributed by atoms with Crippen molar-refractivity contribution in [2.75, 3.05) is 13.1 Å². The summed E-state index contributed by atoms with van der Waals surface area (Å²) >= 11 is 0. The van der Waals surface area contributed by atoms with E-state index in [1.54, 1.807) is 10.7 Å². The first-order valence-corrected chi connectivity index (χ1v) is 7.35. The van der Waals surface area contributed by atoms with Crippen LogP contribution in [-0.2, 0) is 11.3 Å². The lowest BCUT2D eigenvalue weighted by molar-refractivity contribution is -0.137. The molecule has 0 saturated heterocycles. The summed E-state index contributed by atoms with van der Waals surface area (Å²) in [5, 5.41) is 13.4. The summed E-state index contributed by atoms with van der Waals surface area (Å²) in [7, 11) is 0. The van der Waals surface area contributed by atoms with Gasteiger partial charge in [0.05, 0.1) is 5.69 Å². The van der Waals surface area contributed by atoms with Crippen molar-refractivity contribution in [3.05, 3.63) is 17.5 Å². The zero-order chi connectivity index (χ0) is 16.2. The fourth-order valence-corrected chi connectivity index (χ4v) is 2.12. The van der Waals surface area contributed by atoms with E-state index in [1.807, 2.05) is 34.6 Å². The summed E-state index contributed by atoms with van der Waals surface area (Å²) in [4.78, 5) is 25.0. The van der Waals surface area contributed by atoms with Crippen molar-refractivity contribution in [3.8, 4) is 0 Å². The molecule has 1 rings (SSSR count). The van der Waals surface area contributed by atoms with E-state index in [1.165, 1.54) is 4.90 Å². The fourth-order valence-electron chi connectivity index (χ4n) is 2.12. The van der Waals surface area contributed by atoms with Crippen LogP contribution in [0.1, 0.15) is 56.7 Å². The van der Waals surface area contributed by atoms with Gasteiger partial charge >= 0.3 is 5.97 Å². The molecule has 1 heterocycles. The van der Waals surface area contributed by atoms with Crippen LogP contribution in [0.4, 0.5) is 0 Å². The molecule has 0 aliphatic heterocycles. The summed E-state index contributed by atoms with van der Waals surface area (Å²) in [6.45, 7) is 10.6. The van der Waals surface area contributed by atoms with Crippen LogP contribution in [0.2, 0.25) is 0 Å². The largest absolute Gasteiger partial charge is 0.480 e. The molecule has 0 radical (unpaired) electrons. The zero-order valence-electron chi connectivity index (χ0n) is 13.5. The van der Waals surface area contributed by atoms with Crippen molar-refractivity contribution in [2.45, 2.75) is 47.1 Å². The van der Waals surface area contributed by atoms with E-state index in [9.17, 15) is 9.59 Å². The molecule has 0 aromatic carbocycles. The number of carbonyl (C=O) groups excluding carboxylic acids is 1. The minimum atomic E-state index is -1.00. The third kappa shape index (κ3) is 4.58. The summed E-state index contributed by atoms with van der Waals surface area (Å²) < 4.78 is 1.65. The maximum atomic E-state index is 12.6. The van der Waals surface area contributed by atoms with Gasteiger partial charge in [-0.25, -0.2) is 0 Å². The Morgan fingerprint density at radius 3 is 2.38 bits per heavy atom. The molecule has 0 atom stereocenters. The fraction of sp³-hybridized carbons (Fsp3) is 0.667. The van der Waals surface area contributed by atoms with Gasteiger partial charge in [-0.2, -0.15) is 5.10 Å². The standard InChI is InChI=1S/C15H25N3O3/c1-6-18-13(7-12(16-18)11(4)5)15(21)17(8-10(2)3)9-14(19)20/h7,10-11H,6,8-9H2,1-5H3,(H,19,20). The third-order valence-corrected chi connectivity index (χ3v) is 3.11. The molecule has 0 aliphatic rings. The molecule has 1 aromatic heterocycles. The van der Waals surface area contributed by atoms with E-state index in [2.05, 4.69) is 5.10 Å². The monoisotopic (exact) mass is 295 g/mol. The highest BCUT2D eigenvalue weighted by Gasteiger charge is 2.24. The number of hydrogen-bond donors (Lipinski definition) is 1. The smallest absolute Gasteiger partial charge is 0.323 e. The maximum Gasteiger partial charge on any atom is 0.323 e. The van der Waals surface area contributed by atoms with Crippen LogP contribution < -0.4 is 0 Å². The summed E-state index contributed by atoms with van der Waals surface area (Å²) in [6, 6.07) is 1.77. The zero-order valence-corrected chi connectivity index (χ0v) is 13.5. The molecular weight excluding hydrogens is 270 g/mol. The van der Waals surface area contributed by atoms with Crippen LogP contribution in [0.5, 0.6) is 0 Å². The van der Waals surface area contributed by atoms with Crippen molar-refractivity contribution in [2.24, 2.45) is 5.92 Å². The predicted octanol–water partition coefficient (Wildman–Crippen LogP) is 2.21. The second-order valence-electron chi connectivity index (χ2n) is 5.90. The molecule has 118 valence electrons. The van der Waals surface area contributed by atoms with E-state index in [0.29, 0.717) is 18.8 Å². The van der Waals surface area contributed by atoms with Crippen LogP contribution in [0.25, 0.3) is 0 Å². The molecule has 0 unspecified atom stereocenters. The normalized spacial score (nSPS) is 11.2. The Morgan fingerprint density at radius 2 is 1.95 bits per heavy atom. The molecule has 0 spiro atoms. The topological polar surface area (TPSA) is 75.4 Å². The Morgan fingerprint density at radius 1 is 1.33 bits per heavy atom. The molecule has 1 N–H and O–H groups in total. The first kappa shape index (κ1) is 17.2. The van der Waals surface area contributed by atoms with Gasteiger partial charge in [-0.1, -0.05) is 27.7 Å². The van der Waals surface area contributed by atoms with Crippen LogP contribution in [0.15, 0.2) is 6.07 Å². The summed E-state index contributed by atoms with van der Waals surface area (Å²) in [6.07, 6.45) is 0. The Labute approximate surface area is 125 Å². The van der Waals surface area contributed by atoms with Gasteiger partial charge in [0, 0.05) is 13.1 Å². The highest BCUT2D eigenvalue weighted by molar-refractivity contribution is 5.94. The Bertz CT molecular complexity index is 506. The lowest BCUT2D eigenvalue weighted by Gasteiger charge is -2.22. The second-order valence-corrected chi connectivity index (χ2v) is 5.90. The van der Waals surface area contributed by atoms with Crippen LogP contribution in [0.3, 0.4) is 0 Å². The first-order chi connectivity index (χ1) is 9.76. The van der Waals surface area contributed by atoms with E-state index in [0.717, 1.165) is 5.69 Å². The number of carboxylic acids is 1. The number of aliphatic carboxylic acids is 1. The Balaban J connectivity index is 3.09. The maximum absolute atomic E-state index is 12.6. The number of aryl methyl sites for hydroxylation is 1. The minimum Gasteiger partial charge on any atom is -0.480 e. The van der Waals surface area contributed by atoms with E-state index < -0.39 is 5.97 Å². The van der Waals surface area contributed by atoms with Gasteiger partial charge in [-0.15, -0.1) is 0 Å². The number of carbonyl (C=O) groups is 2. The summed E-state index contributed by atoms with van der Waals surface area (Å²) in [5.41, 5.74) is 1.31. The van der Waals surface area contributed by atoms with Crippen molar-refractivity contribution in [3.63, 3.8) is 0 Å². The molecule has 0 aliphatic carbocycles. The van der Waals surface area contributed by atoms with Gasteiger partial charge in [0.15, 0.2) is 0 Å². The van der Waals surface area contributed by atoms with Crippen molar-refractivity contribution in [1.29, 1.82) is 0 Å². The molecule has 6 heteroatoms. The van der Waals surface area contributed by atoms with Crippen LogP contribution in [-0.4, -0.2) is 44.8 Å². The molecule has 0 saturated carbocycles. The highest BCUT2D eigenvalue weighted by atomic mass is 16.4. The molecule has 21 heavy (non-hydrogen) atoms. The molecule has 6 nitrogen and oxygen atoms in total. The molecule has 0 fully saturated rings. The lowest BCUT2D eigenvalue weighted by atomic mass is 10.1. The van der Waals surface area contributed by atoms with Gasteiger partial charge in [0.25, 0.3) is 5.91 Å². The Hall–Kier alpha value is -1.85. The number of carboxylic acid groups (broad SMARTS) is 1. The van der Waals surface area contributed by atoms with Crippen molar-refractivity contribution < 1.29 is 14.7 Å². The first-order valence-electron chi connectivity index (χ1n) is 7.35. The predicted molar refractivity (Wildman–Crippen MR) is 80.4 cm³/mol. The number of rotatable bonds is 7.